The van der Waals surface area contributed by atoms with Crippen LogP contribution in [-0.4, -0.2) is 38.1 Å². The number of hydrogen-bond donors (Lipinski definition) is 1. The van der Waals surface area contributed by atoms with Crippen molar-refractivity contribution in [2.75, 3.05) is 20.2 Å². The van der Waals surface area contributed by atoms with E-state index in [0.717, 1.165) is 5.56 Å². The van der Waals surface area contributed by atoms with E-state index in [0.29, 0.717) is 25.6 Å². The van der Waals surface area contributed by atoms with Gasteiger partial charge in [0.05, 0.1) is 20.2 Å². The molecule has 18 heavy (non-hydrogen) atoms. The largest absolute Gasteiger partial charge is 0.483 e. The summed E-state index contributed by atoms with van der Waals surface area (Å²) in [6.07, 6.45) is 0. The number of benzene rings is 1. The van der Waals surface area contributed by atoms with Crippen LogP contribution in [0.2, 0.25) is 0 Å². The van der Waals surface area contributed by atoms with E-state index in [9.17, 15) is 4.79 Å². The van der Waals surface area contributed by atoms with Crippen molar-refractivity contribution in [1.29, 1.82) is 0 Å². The molecule has 1 aromatic carbocycles. The van der Waals surface area contributed by atoms with Crippen LogP contribution in [0.5, 0.6) is 0 Å². The zero-order valence-corrected chi connectivity index (χ0v) is 10.3. The van der Waals surface area contributed by atoms with E-state index < -0.39 is 0 Å². The maximum absolute atomic E-state index is 11.8. The van der Waals surface area contributed by atoms with Crippen LogP contribution in [0.3, 0.4) is 0 Å². The minimum atomic E-state index is -0.382. The smallest absolute Gasteiger partial charge is 0.325 e. The summed E-state index contributed by atoms with van der Waals surface area (Å²) in [4.78, 5) is 15.9. The van der Waals surface area contributed by atoms with E-state index >= 15 is 0 Å². The quantitative estimate of drug-likeness (QED) is 0.802. The number of carbonyl (C=O) groups excluding carboxylic acids is 1. The number of methoxy groups -OCH3 is 1. The Morgan fingerprint density at radius 3 is 2.83 bits per heavy atom. The lowest BCUT2D eigenvalue weighted by molar-refractivity contribution is -0.147. The molecule has 1 aromatic rings. The lowest BCUT2D eigenvalue weighted by atomic mass is 10.2. The summed E-state index contributed by atoms with van der Waals surface area (Å²) in [5.74, 6) is 0.333. The molecule has 0 saturated carbocycles. The lowest BCUT2D eigenvalue weighted by Crippen LogP contribution is -2.46. The fourth-order valence-corrected chi connectivity index (χ4v) is 1.65. The highest BCUT2D eigenvalue weighted by molar-refractivity contribution is 5.83. The first-order chi connectivity index (χ1) is 8.79. The molecule has 0 aliphatic carbocycles. The molecule has 5 heteroatoms. The number of ether oxygens (including phenoxy) is 2. The Morgan fingerprint density at radius 1 is 1.44 bits per heavy atom. The van der Waals surface area contributed by atoms with Crippen LogP contribution in [0.25, 0.3) is 0 Å². The predicted molar refractivity (Wildman–Crippen MR) is 67.3 cm³/mol. The van der Waals surface area contributed by atoms with Crippen molar-refractivity contribution < 1.29 is 14.3 Å². The zero-order valence-electron chi connectivity index (χ0n) is 10.3. The summed E-state index contributed by atoms with van der Waals surface area (Å²) >= 11 is 0. The van der Waals surface area contributed by atoms with Gasteiger partial charge in [-0.1, -0.05) is 30.3 Å². The third kappa shape index (κ3) is 3.30. The van der Waals surface area contributed by atoms with Gasteiger partial charge in [0.1, 0.15) is 12.6 Å². The Morgan fingerprint density at radius 2 is 2.22 bits per heavy atom. The minimum absolute atomic E-state index is 0.280. The summed E-state index contributed by atoms with van der Waals surface area (Å²) in [6, 6.07) is 9.21. The Bertz CT molecular complexity index is 431. The van der Waals surface area contributed by atoms with Crippen molar-refractivity contribution in [2.45, 2.75) is 12.6 Å². The van der Waals surface area contributed by atoms with E-state index in [1.165, 1.54) is 0 Å². The van der Waals surface area contributed by atoms with Gasteiger partial charge in [-0.3, -0.25) is 15.1 Å². The van der Waals surface area contributed by atoms with E-state index in [2.05, 4.69) is 10.3 Å². The summed E-state index contributed by atoms with van der Waals surface area (Å²) < 4.78 is 10.2. The van der Waals surface area contributed by atoms with Crippen LogP contribution < -0.4 is 5.32 Å². The van der Waals surface area contributed by atoms with Crippen molar-refractivity contribution in [3.8, 4) is 0 Å². The van der Waals surface area contributed by atoms with Crippen LogP contribution >= 0.6 is 0 Å². The molecule has 0 bridgehead atoms. The van der Waals surface area contributed by atoms with Crippen molar-refractivity contribution in [2.24, 2.45) is 4.99 Å². The van der Waals surface area contributed by atoms with Gasteiger partial charge in [0, 0.05) is 0 Å². The topological polar surface area (TPSA) is 59.9 Å². The molecule has 0 saturated heterocycles. The molecule has 0 amide bonds. The molecule has 2 rings (SSSR count). The van der Waals surface area contributed by atoms with Crippen LogP contribution in [0.15, 0.2) is 35.3 Å². The van der Waals surface area contributed by atoms with Crippen LogP contribution in [0, 0.1) is 0 Å². The van der Waals surface area contributed by atoms with Gasteiger partial charge in [-0.15, -0.1) is 0 Å². The molecule has 0 fully saturated rings. The van der Waals surface area contributed by atoms with Crippen molar-refractivity contribution >= 4 is 11.9 Å². The first-order valence-corrected chi connectivity index (χ1v) is 5.81. The maximum Gasteiger partial charge on any atom is 0.325 e. The van der Waals surface area contributed by atoms with Gasteiger partial charge < -0.3 is 9.47 Å². The highest BCUT2D eigenvalue weighted by Crippen LogP contribution is 2.03. The second kappa shape index (κ2) is 6.16. The Balaban J connectivity index is 1.81. The fourth-order valence-electron chi connectivity index (χ4n) is 1.65. The molecule has 1 heterocycles. The summed E-state index contributed by atoms with van der Waals surface area (Å²) in [5.41, 5.74) is 0.975. The summed E-state index contributed by atoms with van der Waals surface area (Å²) in [6.45, 7) is 1.11. The number of rotatable bonds is 3. The molecule has 0 spiro atoms. The molecule has 1 aliphatic rings. The molecule has 1 atom stereocenters. The van der Waals surface area contributed by atoms with Crippen LogP contribution in [0.1, 0.15) is 5.56 Å². The second-order valence-electron chi connectivity index (χ2n) is 3.97. The summed E-state index contributed by atoms with van der Waals surface area (Å²) in [5, 5.41) is 3.03. The summed E-state index contributed by atoms with van der Waals surface area (Å²) in [7, 11) is 1.56. The first kappa shape index (κ1) is 12.6. The van der Waals surface area contributed by atoms with E-state index in [-0.39, 0.29) is 12.0 Å². The van der Waals surface area contributed by atoms with Gasteiger partial charge in [-0.05, 0) is 5.56 Å². The highest BCUT2D eigenvalue weighted by atomic mass is 16.5. The van der Waals surface area contributed by atoms with Gasteiger partial charge in [-0.25, -0.2) is 0 Å². The molecule has 0 aromatic heterocycles. The predicted octanol–water partition coefficient (Wildman–Crippen LogP) is 0.746. The van der Waals surface area contributed by atoms with Gasteiger partial charge >= 0.3 is 5.97 Å². The van der Waals surface area contributed by atoms with Crippen molar-refractivity contribution in [1.82, 2.24) is 5.32 Å². The molecule has 96 valence electrons. The number of aliphatic imine (C=N–C) groups is 1. The number of hydrogen-bond acceptors (Lipinski definition) is 5. The maximum atomic E-state index is 11.8. The Hall–Kier alpha value is -1.88. The third-order valence-corrected chi connectivity index (χ3v) is 2.69. The average Bonchev–Trinajstić information content (AvgIpc) is 2.46. The lowest BCUT2D eigenvalue weighted by Gasteiger charge is -2.20. The number of carbonyl (C=O) groups is 1. The van der Waals surface area contributed by atoms with Crippen LogP contribution in [0.4, 0.5) is 0 Å². The minimum Gasteiger partial charge on any atom is -0.483 e. The fraction of sp³-hybridized carbons (Fsp3) is 0.385. The Labute approximate surface area is 106 Å². The van der Waals surface area contributed by atoms with E-state index in [4.69, 9.17) is 9.47 Å². The first-order valence-electron chi connectivity index (χ1n) is 5.81. The SMILES string of the molecule is COC1=NCC(C(=O)OCc2ccccc2)NC1. The molecule has 5 nitrogen and oxygen atoms in total. The van der Waals surface area contributed by atoms with Gasteiger partial charge in [0.2, 0.25) is 0 Å². The zero-order chi connectivity index (χ0) is 12.8. The molecule has 0 radical (unpaired) electrons. The van der Waals surface area contributed by atoms with Crippen molar-refractivity contribution in [3.05, 3.63) is 35.9 Å². The number of esters is 1. The molecular weight excluding hydrogens is 232 g/mol. The van der Waals surface area contributed by atoms with Gasteiger partial charge in [0.15, 0.2) is 5.90 Å². The van der Waals surface area contributed by atoms with E-state index in [1.807, 2.05) is 30.3 Å². The van der Waals surface area contributed by atoms with E-state index in [1.54, 1.807) is 7.11 Å². The molecular formula is C13H16N2O3. The molecule has 1 aliphatic heterocycles. The van der Waals surface area contributed by atoms with Crippen LogP contribution in [-0.2, 0) is 20.9 Å². The monoisotopic (exact) mass is 248 g/mol. The highest BCUT2D eigenvalue weighted by Gasteiger charge is 2.23. The number of nitrogens with zero attached hydrogens (tertiary/aromatic N) is 1. The number of nitrogens with one attached hydrogen (secondary N) is 1. The van der Waals surface area contributed by atoms with Gasteiger partial charge in [0.25, 0.3) is 0 Å². The Kier molecular flexibility index (Phi) is 4.30. The third-order valence-electron chi connectivity index (χ3n) is 2.69. The standard InChI is InChI=1S/C13H16N2O3/c1-17-12-8-14-11(7-15-12)13(16)18-9-10-5-3-2-4-6-10/h2-6,11,14H,7-9H2,1H3. The molecule has 1 unspecified atom stereocenters. The normalized spacial score (nSPS) is 18.9. The molecule has 1 N–H and O–H groups in total. The van der Waals surface area contributed by atoms with Crippen molar-refractivity contribution in [3.63, 3.8) is 0 Å². The average molecular weight is 248 g/mol. The second-order valence-corrected chi connectivity index (χ2v) is 3.97. The van der Waals surface area contributed by atoms with Gasteiger partial charge in [-0.2, -0.15) is 0 Å².